The lowest BCUT2D eigenvalue weighted by molar-refractivity contribution is -0.115. The number of carbonyl (C=O) groups is 1. The van der Waals surface area contributed by atoms with Gasteiger partial charge in [0.15, 0.2) is 5.13 Å². The third-order valence-electron chi connectivity index (χ3n) is 3.78. The fourth-order valence-corrected chi connectivity index (χ4v) is 3.72. The Hall–Kier alpha value is -1.43. The number of thiazole rings is 1. The lowest BCUT2D eigenvalue weighted by atomic mass is 10.1. The van der Waals surface area contributed by atoms with E-state index >= 15 is 0 Å². The maximum atomic E-state index is 12.1. The summed E-state index contributed by atoms with van der Waals surface area (Å²) >= 11 is 7.44. The minimum absolute atomic E-state index is 0.0410. The fourth-order valence-electron chi connectivity index (χ4n) is 2.52. The molecule has 1 aliphatic heterocycles. The van der Waals surface area contributed by atoms with Gasteiger partial charge in [-0.1, -0.05) is 30.7 Å². The number of amides is 1. The molecule has 22 heavy (non-hydrogen) atoms. The van der Waals surface area contributed by atoms with Crippen molar-refractivity contribution in [1.29, 1.82) is 0 Å². The number of nitrogens with zero attached hydrogens (tertiary/aromatic N) is 2. The van der Waals surface area contributed by atoms with E-state index in [4.69, 9.17) is 11.6 Å². The summed E-state index contributed by atoms with van der Waals surface area (Å²) in [5.74, 6) is -0.0410. The van der Waals surface area contributed by atoms with Crippen LogP contribution in [0.15, 0.2) is 24.3 Å². The van der Waals surface area contributed by atoms with Crippen LogP contribution in [0.5, 0.6) is 0 Å². The van der Waals surface area contributed by atoms with Crippen molar-refractivity contribution in [3.8, 4) is 0 Å². The number of halogens is 1. The van der Waals surface area contributed by atoms with Crippen LogP contribution in [0.1, 0.15) is 23.1 Å². The molecule has 1 N–H and O–H groups in total. The number of rotatable bonds is 4. The van der Waals surface area contributed by atoms with Gasteiger partial charge in [-0.25, -0.2) is 4.98 Å². The molecule has 4 nitrogen and oxygen atoms in total. The third kappa shape index (κ3) is 3.66. The van der Waals surface area contributed by atoms with Crippen LogP contribution in [-0.2, 0) is 24.2 Å². The molecular formula is C16H18ClN3OS. The summed E-state index contributed by atoms with van der Waals surface area (Å²) in [6.45, 7) is 5.21. The number of anilines is 1. The molecular weight excluding hydrogens is 318 g/mol. The molecule has 0 spiro atoms. The Labute approximate surface area is 139 Å². The molecule has 2 heterocycles. The molecule has 3 rings (SSSR count). The molecule has 0 saturated carbocycles. The number of fused-ring (bicyclic) bond motifs is 1. The second kappa shape index (κ2) is 6.77. The molecule has 0 atom stereocenters. The standard InChI is InChI=1S/C16H18ClN3OS/c1-2-20-8-7-13-14(10-20)22-16(18-13)19-15(21)9-11-3-5-12(17)6-4-11/h3-6H,2,7-10H2,1H3,(H,18,19,21). The Balaban J connectivity index is 1.62. The largest absolute Gasteiger partial charge is 0.302 e. The summed E-state index contributed by atoms with van der Waals surface area (Å²) in [7, 11) is 0. The van der Waals surface area contributed by atoms with E-state index in [0.717, 1.165) is 37.3 Å². The highest BCUT2D eigenvalue weighted by atomic mass is 35.5. The van der Waals surface area contributed by atoms with Crippen molar-refractivity contribution in [3.63, 3.8) is 0 Å². The Morgan fingerprint density at radius 2 is 2.18 bits per heavy atom. The van der Waals surface area contributed by atoms with Crippen molar-refractivity contribution in [2.75, 3.05) is 18.4 Å². The number of aromatic nitrogens is 1. The summed E-state index contributed by atoms with van der Waals surface area (Å²) < 4.78 is 0. The van der Waals surface area contributed by atoms with E-state index in [-0.39, 0.29) is 5.91 Å². The average molecular weight is 336 g/mol. The zero-order valence-corrected chi connectivity index (χ0v) is 14.0. The number of hydrogen-bond acceptors (Lipinski definition) is 4. The molecule has 1 aromatic heterocycles. The van der Waals surface area contributed by atoms with Crippen molar-refractivity contribution in [2.45, 2.75) is 26.3 Å². The van der Waals surface area contributed by atoms with Crippen molar-refractivity contribution in [2.24, 2.45) is 0 Å². The van der Waals surface area contributed by atoms with E-state index in [1.807, 2.05) is 12.1 Å². The first-order valence-corrected chi connectivity index (χ1v) is 8.58. The van der Waals surface area contributed by atoms with Crippen molar-refractivity contribution >= 4 is 34.0 Å². The quantitative estimate of drug-likeness (QED) is 0.932. The van der Waals surface area contributed by atoms with Gasteiger partial charge in [0, 0.05) is 29.4 Å². The molecule has 116 valence electrons. The number of benzene rings is 1. The second-order valence-electron chi connectivity index (χ2n) is 5.36. The summed E-state index contributed by atoms with van der Waals surface area (Å²) in [6.07, 6.45) is 1.30. The molecule has 0 aliphatic carbocycles. The van der Waals surface area contributed by atoms with Crippen LogP contribution in [-0.4, -0.2) is 28.9 Å². The topological polar surface area (TPSA) is 45.2 Å². The number of likely N-dealkylation sites (N-methyl/N-ethyl adjacent to an activating group) is 1. The third-order valence-corrected chi connectivity index (χ3v) is 5.03. The van der Waals surface area contributed by atoms with Gasteiger partial charge < -0.3 is 5.32 Å². The van der Waals surface area contributed by atoms with Crippen molar-refractivity contribution in [3.05, 3.63) is 45.4 Å². The minimum Gasteiger partial charge on any atom is -0.302 e. The van der Waals surface area contributed by atoms with Gasteiger partial charge in [0.2, 0.25) is 5.91 Å². The van der Waals surface area contributed by atoms with E-state index in [0.29, 0.717) is 16.6 Å². The molecule has 0 unspecified atom stereocenters. The average Bonchev–Trinajstić information content (AvgIpc) is 2.90. The zero-order chi connectivity index (χ0) is 15.5. The van der Waals surface area contributed by atoms with E-state index in [2.05, 4.69) is 22.1 Å². The highest BCUT2D eigenvalue weighted by Gasteiger charge is 2.20. The molecule has 0 bridgehead atoms. The van der Waals surface area contributed by atoms with E-state index in [1.165, 1.54) is 4.88 Å². The Morgan fingerprint density at radius 1 is 1.41 bits per heavy atom. The fraction of sp³-hybridized carbons (Fsp3) is 0.375. The molecule has 6 heteroatoms. The maximum Gasteiger partial charge on any atom is 0.230 e. The van der Waals surface area contributed by atoms with Crippen LogP contribution in [0.3, 0.4) is 0 Å². The SMILES string of the molecule is CCN1CCc2nc(NC(=O)Cc3ccc(Cl)cc3)sc2C1. The highest BCUT2D eigenvalue weighted by Crippen LogP contribution is 2.28. The van der Waals surface area contributed by atoms with Crippen molar-refractivity contribution < 1.29 is 4.79 Å². The molecule has 1 aliphatic rings. The van der Waals surface area contributed by atoms with Crippen LogP contribution in [0.2, 0.25) is 5.02 Å². The first-order valence-electron chi connectivity index (χ1n) is 7.39. The number of carbonyl (C=O) groups excluding carboxylic acids is 1. The van der Waals surface area contributed by atoms with E-state index < -0.39 is 0 Å². The van der Waals surface area contributed by atoms with Gasteiger partial charge in [0.1, 0.15) is 0 Å². The highest BCUT2D eigenvalue weighted by molar-refractivity contribution is 7.15. The molecule has 1 aromatic carbocycles. The number of hydrogen-bond donors (Lipinski definition) is 1. The van der Waals surface area contributed by atoms with Crippen LogP contribution >= 0.6 is 22.9 Å². The first-order chi connectivity index (χ1) is 10.6. The first kappa shape index (κ1) is 15.5. The minimum atomic E-state index is -0.0410. The monoisotopic (exact) mass is 335 g/mol. The lowest BCUT2D eigenvalue weighted by Crippen LogP contribution is -2.29. The Bertz CT molecular complexity index is 669. The predicted octanol–water partition coefficient (Wildman–Crippen LogP) is 3.36. The van der Waals surface area contributed by atoms with Crippen LogP contribution < -0.4 is 5.32 Å². The summed E-state index contributed by atoms with van der Waals surface area (Å²) in [5, 5.41) is 4.30. The summed E-state index contributed by atoms with van der Waals surface area (Å²) in [6, 6.07) is 7.33. The summed E-state index contributed by atoms with van der Waals surface area (Å²) in [4.78, 5) is 20.3. The van der Waals surface area contributed by atoms with Gasteiger partial charge in [-0.15, -0.1) is 11.3 Å². The smallest absolute Gasteiger partial charge is 0.230 e. The molecule has 0 fully saturated rings. The van der Waals surface area contributed by atoms with E-state index in [9.17, 15) is 4.79 Å². The van der Waals surface area contributed by atoms with Crippen LogP contribution in [0.4, 0.5) is 5.13 Å². The number of nitrogens with one attached hydrogen (secondary N) is 1. The summed E-state index contributed by atoms with van der Waals surface area (Å²) in [5.41, 5.74) is 2.08. The molecule has 1 amide bonds. The lowest BCUT2D eigenvalue weighted by Gasteiger charge is -2.23. The van der Waals surface area contributed by atoms with Gasteiger partial charge in [0.25, 0.3) is 0 Å². The van der Waals surface area contributed by atoms with Gasteiger partial charge in [-0.05, 0) is 24.2 Å². The Kier molecular flexibility index (Phi) is 4.76. The normalized spacial score (nSPS) is 14.6. The van der Waals surface area contributed by atoms with Gasteiger partial charge in [-0.3, -0.25) is 9.69 Å². The van der Waals surface area contributed by atoms with Gasteiger partial charge >= 0.3 is 0 Å². The zero-order valence-electron chi connectivity index (χ0n) is 12.4. The van der Waals surface area contributed by atoms with E-state index in [1.54, 1.807) is 23.5 Å². The predicted molar refractivity (Wildman–Crippen MR) is 90.6 cm³/mol. The second-order valence-corrected chi connectivity index (χ2v) is 6.88. The molecule has 2 aromatic rings. The van der Waals surface area contributed by atoms with Crippen LogP contribution in [0, 0.1) is 0 Å². The maximum absolute atomic E-state index is 12.1. The van der Waals surface area contributed by atoms with Crippen molar-refractivity contribution in [1.82, 2.24) is 9.88 Å². The van der Waals surface area contributed by atoms with Crippen LogP contribution in [0.25, 0.3) is 0 Å². The van der Waals surface area contributed by atoms with Gasteiger partial charge in [-0.2, -0.15) is 0 Å². The van der Waals surface area contributed by atoms with Gasteiger partial charge in [0.05, 0.1) is 12.1 Å². The molecule has 0 saturated heterocycles. The Morgan fingerprint density at radius 3 is 2.91 bits per heavy atom. The molecule has 0 radical (unpaired) electrons.